The van der Waals surface area contributed by atoms with Gasteiger partial charge >= 0.3 is 17.9 Å². The molecule has 8 nitrogen and oxygen atoms in total. The molecule has 0 fully saturated rings. The maximum atomic E-state index is 10.6. The van der Waals surface area contributed by atoms with Crippen molar-refractivity contribution in [1.82, 2.24) is 0 Å². The number of carboxylic acid groups (broad SMARTS) is 3. The van der Waals surface area contributed by atoms with Crippen LogP contribution >= 0.6 is 0 Å². The smallest absolute Gasteiger partial charge is 0.330 e. The van der Waals surface area contributed by atoms with Gasteiger partial charge in [0.15, 0.2) is 0 Å². The third-order valence-corrected chi connectivity index (χ3v) is 3.67. The van der Waals surface area contributed by atoms with Gasteiger partial charge in [0.1, 0.15) is 0 Å². The van der Waals surface area contributed by atoms with Crippen LogP contribution in [0.1, 0.15) is 67.7 Å². The van der Waals surface area contributed by atoms with E-state index in [4.69, 9.17) is 25.5 Å². The Morgan fingerprint density at radius 1 is 0.719 bits per heavy atom. The number of carbonyl (C=O) groups is 3. The summed E-state index contributed by atoms with van der Waals surface area (Å²) in [5, 5.41) is 39.8. The van der Waals surface area contributed by atoms with Crippen LogP contribution in [-0.4, -0.2) is 56.7 Å². The molecule has 0 heterocycles. The first-order valence-corrected chi connectivity index (χ1v) is 10.4. The van der Waals surface area contributed by atoms with Crippen molar-refractivity contribution in [1.29, 1.82) is 0 Å². The molecule has 0 radical (unpaired) electrons. The summed E-state index contributed by atoms with van der Waals surface area (Å²) in [5.74, 6) is -0.623. The molecular weight excluding hydrogens is 416 g/mol. The lowest BCUT2D eigenvalue weighted by Gasteiger charge is -2.17. The second-order valence-electron chi connectivity index (χ2n) is 8.12. The molecule has 0 aromatic rings. The van der Waals surface area contributed by atoms with Crippen molar-refractivity contribution in [3.63, 3.8) is 0 Å². The van der Waals surface area contributed by atoms with Gasteiger partial charge in [-0.2, -0.15) is 0 Å². The number of hydrogen-bond donors (Lipinski definition) is 5. The van der Waals surface area contributed by atoms with Gasteiger partial charge in [-0.3, -0.25) is 0 Å². The molecule has 2 atom stereocenters. The average Bonchev–Trinajstić information content (AvgIpc) is 2.66. The van der Waals surface area contributed by atoms with Crippen molar-refractivity contribution in [3.8, 4) is 0 Å². The first-order valence-electron chi connectivity index (χ1n) is 10.4. The van der Waals surface area contributed by atoms with Crippen molar-refractivity contribution in [2.45, 2.75) is 67.7 Å². The molecule has 0 saturated carbocycles. The maximum Gasteiger partial charge on any atom is 0.330 e. The number of carboxylic acids is 3. The van der Waals surface area contributed by atoms with E-state index in [-0.39, 0.29) is 24.4 Å². The molecular formula is C24H44O8. The van der Waals surface area contributed by atoms with Crippen molar-refractivity contribution >= 4 is 17.9 Å². The number of aliphatic hydroxyl groups is 2. The second kappa shape index (κ2) is 23.2. The lowest BCUT2D eigenvalue weighted by molar-refractivity contribution is -0.133. The van der Waals surface area contributed by atoms with Crippen LogP contribution < -0.4 is 0 Å². The van der Waals surface area contributed by atoms with Crippen LogP contribution in [-0.2, 0) is 14.4 Å². The van der Waals surface area contributed by atoms with Crippen LogP contribution in [0.25, 0.3) is 0 Å². The Morgan fingerprint density at radius 2 is 1.06 bits per heavy atom. The summed E-state index contributed by atoms with van der Waals surface area (Å²) >= 11 is 0. The van der Waals surface area contributed by atoms with Gasteiger partial charge in [-0.15, -0.1) is 0 Å². The fourth-order valence-corrected chi connectivity index (χ4v) is 2.15. The molecule has 0 aromatic carbocycles. The van der Waals surface area contributed by atoms with Gasteiger partial charge in [0.25, 0.3) is 0 Å². The summed E-state index contributed by atoms with van der Waals surface area (Å²) in [4.78, 5) is 29.8. The van der Waals surface area contributed by atoms with E-state index >= 15 is 0 Å². The van der Waals surface area contributed by atoms with Gasteiger partial charge < -0.3 is 25.5 Å². The first-order chi connectivity index (χ1) is 14.5. The zero-order valence-electron chi connectivity index (χ0n) is 20.7. The topological polar surface area (TPSA) is 152 Å². The fraction of sp³-hybridized carbons (Fsp3) is 0.625. The van der Waals surface area contributed by atoms with E-state index < -0.39 is 17.9 Å². The van der Waals surface area contributed by atoms with Gasteiger partial charge in [-0.1, -0.05) is 46.9 Å². The standard InChI is InChI=1S/C14H26O2.2C4H6O2.C2H6O2/c1-10(2)8-12(4)9-11(3)6-7-13(5)14(15)16;2*1-3(2)4(5)6;3-1-2-4/h7,10-12H,6,8-9H2,1-5H3,(H,15,16);2*1H2,2H3,(H,5,6);3-4H,1-2H2. The van der Waals surface area contributed by atoms with E-state index in [9.17, 15) is 14.4 Å². The van der Waals surface area contributed by atoms with Crippen molar-refractivity contribution in [2.24, 2.45) is 17.8 Å². The van der Waals surface area contributed by atoms with Gasteiger partial charge in [0.2, 0.25) is 0 Å². The SMILES string of the molecule is C=C(C)C(=O)O.C=C(C)C(=O)O.CC(=CCC(C)CC(C)CC(C)C)C(=O)O.OCCO. The number of allylic oxidation sites excluding steroid dienone is 1. The van der Waals surface area contributed by atoms with Crippen LogP contribution in [0, 0.1) is 17.8 Å². The van der Waals surface area contributed by atoms with Crippen LogP contribution in [0.2, 0.25) is 0 Å². The van der Waals surface area contributed by atoms with E-state index in [0.29, 0.717) is 11.5 Å². The minimum Gasteiger partial charge on any atom is -0.478 e. The molecule has 0 aliphatic rings. The number of rotatable bonds is 10. The monoisotopic (exact) mass is 460 g/mol. The maximum absolute atomic E-state index is 10.6. The molecule has 0 aromatic heterocycles. The largest absolute Gasteiger partial charge is 0.478 e. The zero-order valence-corrected chi connectivity index (χ0v) is 20.7. The molecule has 2 unspecified atom stereocenters. The summed E-state index contributed by atoms with van der Waals surface area (Å²) in [6, 6.07) is 0. The van der Waals surface area contributed by atoms with Crippen molar-refractivity contribution in [2.75, 3.05) is 13.2 Å². The third-order valence-electron chi connectivity index (χ3n) is 3.67. The Balaban J connectivity index is -0.000000200. The summed E-state index contributed by atoms with van der Waals surface area (Å²) in [7, 11) is 0. The lowest BCUT2D eigenvalue weighted by atomic mass is 9.88. The van der Waals surface area contributed by atoms with Crippen molar-refractivity contribution < 1.29 is 39.9 Å². The van der Waals surface area contributed by atoms with E-state index in [1.165, 1.54) is 26.7 Å². The first kappa shape index (κ1) is 36.9. The number of aliphatic carboxylic acids is 3. The third kappa shape index (κ3) is 35.0. The van der Waals surface area contributed by atoms with Crippen LogP contribution in [0.4, 0.5) is 0 Å². The highest BCUT2D eigenvalue weighted by molar-refractivity contribution is 5.86. The zero-order chi connectivity index (χ0) is 26.4. The molecule has 0 aliphatic heterocycles. The summed E-state index contributed by atoms with van der Waals surface area (Å²) in [6.45, 7) is 19.6. The second-order valence-corrected chi connectivity index (χ2v) is 8.12. The minimum absolute atomic E-state index is 0.125. The highest BCUT2D eigenvalue weighted by atomic mass is 16.4. The van der Waals surface area contributed by atoms with Gasteiger partial charge in [0.05, 0.1) is 13.2 Å². The minimum atomic E-state index is -0.935. The van der Waals surface area contributed by atoms with Crippen LogP contribution in [0.3, 0.4) is 0 Å². The molecule has 0 bridgehead atoms. The predicted molar refractivity (Wildman–Crippen MR) is 127 cm³/mol. The van der Waals surface area contributed by atoms with Crippen LogP contribution in [0.15, 0.2) is 36.0 Å². The van der Waals surface area contributed by atoms with Crippen LogP contribution in [0.5, 0.6) is 0 Å². The molecule has 0 aliphatic carbocycles. The fourth-order valence-electron chi connectivity index (χ4n) is 2.15. The Kier molecular flexibility index (Phi) is 26.8. The Labute approximate surface area is 193 Å². The average molecular weight is 461 g/mol. The summed E-state index contributed by atoms with van der Waals surface area (Å²) in [5.41, 5.74) is 0.813. The summed E-state index contributed by atoms with van der Waals surface area (Å²) in [6.07, 6.45) is 5.16. The molecule has 0 spiro atoms. The van der Waals surface area contributed by atoms with Gasteiger partial charge in [0, 0.05) is 16.7 Å². The Morgan fingerprint density at radius 3 is 1.28 bits per heavy atom. The van der Waals surface area contributed by atoms with Gasteiger partial charge in [-0.05, 0) is 57.8 Å². The Hall–Kier alpha value is -2.45. The highest BCUT2D eigenvalue weighted by Crippen LogP contribution is 2.22. The molecule has 188 valence electrons. The molecule has 0 saturated heterocycles. The summed E-state index contributed by atoms with van der Waals surface area (Å²) < 4.78 is 0. The van der Waals surface area contributed by atoms with E-state index in [2.05, 4.69) is 40.9 Å². The van der Waals surface area contributed by atoms with Crippen molar-refractivity contribution in [3.05, 3.63) is 36.0 Å². The molecule has 5 N–H and O–H groups in total. The normalized spacial score (nSPS) is 11.9. The van der Waals surface area contributed by atoms with E-state index in [1.54, 1.807) is 6.92 Å². The quantitative estimate of drug-likeness (QED) is 0.301. The molecule has 32 heavy (non-hydrogen) atoms. The molecule has 0 rings (SSSR count). The van der Waals surface area contributed by atoms with E-state index in [0.717, 1.165) is 18.3 Å². The number of aliphatic hydroxyl groups excluding tert-OH is 2. The van der Waals surface area contributed by atoms with E-state index in [1.807, 2.05) is 6.08 Å². The highest BCUT2D eigenvalue weighted by Gasteiger charge is 2.10. The molecule has 0 amide bonds. The molecule has 8 heteroatoms. The Bertz CT molecular complexity index is 541. The predicted octanol–water partition coefficient (Wildman–Crippen LogP) is 4.38. The number of hydrogen-bond acceptors (Lipinski definition) is 5. The van der Waals surface area contributed by atoms with Gasteiger partial charge in [-0.25, -0.2) is 14.4 Å². The lowest BCUT2D eigenvalue weighted by Crippen LogP contribution is -2.06.